The number of halogens is 1. The lowest BCUT2D eigenvalue weighted by molar-refractivity contribution is -0.126. The summed E-state index contributed by atoms with van der Waals surface area (Å²) in [6.45, 7) is 6.46. The number of hydrogen-bond donors (Lipinski definition) is 2. The van der Waals surface area contributed by atoms with E-state index in [-0.39, 0.29) is 5.91 Å². The van der Waals surface area contributed by atoms with Gasteiger partial charge in [0.15, 0.2) is 0 Å². The molecule has 2 rings (SSSR count). The summed E-state index contributed by atoms with van der Waals surface area (Å²) in [5, 5.41) is 3.98. The first-order valence-corrected chi connectivity index (χ1v) is 9.24. The van der Waals surface area contributed by atoms with E-state index in [0.29, 0.717) is 6.54 Å². The molecule has 1 heterocycles. The van der Waals surface area contributed by atoms with E-state index in [1.54, 1.807) is 18.3 Å². The predicted molar refractivity (Wildman–Crippen MR) is 98.6 cm³/mol. The van der Waals surface area contributed by atoms with E-state index >= 15 is 0 Å². The summed E-state index contributed by atoms with van der Waals surface area (Å²) < 4.78 is 0.961. The Labute approximate surface area is 149 Å². The van der Waals surface area contributed by atoms with Crippen LogP contribution in [0.5, 0.6) is 0 Å². The molecule has 0 saturated heterocycles. The normalized spacial score (nSPS) is 13.6. The van der Waals surface area contributed by atoms with Crippen LogP contribution < -0.4 is 11.1 Å². The predicted octanol–water partition coefficient (Wildman–Crippen LogP) is 3.31. The highest BCUT2D eigenvalue weighted by molar-refractivity contribution is 9.10. The standard InChI is InChI=1S/C17H22BrN3OS/c1-4-14-11(2)23-15(21-14)9-10-20-16(22)17(3,19)12-5-7-13(18)8-6-12/h5-8H,4,9-10,19H2,1-3H3,(H,20,22). The van der Waals surface area contributed by atoms with Gasteiger partial charge in [-0.25, -0.2) is 4.98 Å². The van der Waals surface area contributed by atoms with E-state index in [4.69, 9.17) is 5.73 Å². The monoisotopic (exact) mass is 395 g/mol. The second-order valence-electron chi connectivity index (χ2n) is 5.68. The first-order valence-electron chi connectivity index (χ1n) is 7.63. The Kier molecular flexibility index (Phi) is 5.95. The van der Waals surface area contributed by atoms with Gasteiger partial charge < -0.3 is 11.1 Å². The molecule has 1 aromatic carbocycles. The van der Waals surface area contributed by atoms with Crippen molar-refractivity contribution in [3.63, 3.8) is 0 Å². The summed E-state index contributed by atoms with van der Waals surface area (Å²) in [6.07, 6.45) is 1.67. The van der Waals surface area contributed by atoms with Crippen molar-refractivity contribution in [3.8, 4) is 0 Å². The summed E-state index contributed by atoms with van der Waals surface area (Å²) >= 11 is 5.08. The third kappa shape index (κ3) is 4.40. The number of nitrogens with one attached hydrogen (secondary N) is 1. The summed E-state index contributed by atoms with van der Waals surface area (Å²) in [4.78, 5) is 18.2. The van der Waals surface area contributed by atoms with Crippen molar-refractivity contribution < 1.29 is 4.79 Å². The molecular formula is C17H22BrN3OS. The minimum Gasteiger partial charge on any atom is -0.354 e. The van der Waals surface area contributed by atoms with Gasteiger partial charge >= 0.3 is 0 Å². The van der Waals surface area contributed by atoms with E-state index in [1.807, 2.05) is 24.3 Å². The number of aromatic nitrogens is 1. The molecule has 3 N–H and O–H groups in total. The second kappa shape index (κ2) is 7.55. The van der Waals surface area contributed by atoms with Gasteiger partial charge in [0.1, 0.15) is 5.54 Å². The van der Waals surface area contributed by atoms with Crippen LogP contribution in [0.2, 0.25) is 0 Å². The molecule has 0 aliphatic rings. The minimum absolute atomic E-state index is 0.177. The van der Waals surface area contributed by atoms with E-state index in [9.17, 15) is 4.79 Å². The van der Waals surface area contributed by atoms with E-state index in [0.717, 1.165) is 33.6 Å². The molecule has 2 aromatic rings. The maximum atomic E-state index is 12.4. The maximum Gasteiger partial charge on any atom is 0.244 e. The molecule has 1 atom stereocenters. The smallest absolute Gasteiger partial charge is 0.244 e. The van der Waals surface area contributed by atoms with Gasteiger partial charge in [0, 0.05) is 22.3 Å². The highest BCUT2D eigenvalue weighted by Crippen LogP contribution is 2.21. The molecule has 4 nitrogen and oxygen atoms in total. The number of carbonyl (C=O) groups is 1. The largest absolute Gasteiger partial charge is 0.354 e. The Morgan fingerprint density at radius 1 is 1.39 bits per heavy atom. The van der Waals surface area contributed by atoms with E-state index in [2.05, 4.69) is 40.1 Å². The summed E-state index contributed by atoms with van der Waals surface area (Å²) in [6, 6.07) is 7.50. The maximum absolute atomic E-state index is 12.4. The van der Waals surface area contributed by atoms with Crippen molar-refractivity contribution in [3.05, 3.63) is 49.9 Å². The number of nitrogens with zero attached hydrogens (tertiary/aromatic N) is 1. The molecule has 0 bridgehead atoms. The number of hydrogen-bond acceptors (Lipinski definition) is 4. The average Bonchev–Trinajstić information content (AvgIpc) is 2.87. The number of nitrogens with two attached hydrogens (primary N) is 1. The fraction of sp³-hybridized carbons (Fsp3) is 0.412. The molecule has 0 saturated carbocycles. The molecule has 6 heteroatoms. The molecule has 23 heavy (non-hydrogen) atoms. The van der Waals surface area contributed by atoms with Crippen LogP contribution in [0.4, 0.5) is 0 Å². The minimum atomic E-state index is -1.05. The number of thiazole rings is 1. The Morgan fingerprint density at radius 2 is 2.04 bits per heavy atom. The molecule has 1 unspecified atom stereocenters. The second-order valence-corrected chi connectivity index (χ2v) is 7.88. The van der Waals surface area contributed by atoms with Crippen LogP contribution in [-0.2, 0) is 23.2 Å². The third-order valence-corrected chi connectivity index (χ3v) is 5.41. The van der Waals surface area contributed by atoms with Gasteiger partial charge in [0.25, 0.3) is 0 Å². The first kappa shape index (κ1) is 18.1. The lowest BCUT2D eigenvalue weighted by atomic mass is 9.92. The van der Waals surface area contributed by atoms with Crippen LogP contribution in [0.25, 0.3) is 0 Å². The summed E-state index contributed by atoms with van der Waals surface area (Å²) in [7, 11) is 0. The van der Waals surface area contributed by atoms with Gasteiger partial charge in [-0.15, -0.1) is 11.3 Å². The van der Waals surface area contributed by atoms with Crippen LogP contribution in [-0.4, -0.2) is 17.4 Å². The Morgan fingerprint density at radius 3 is 2.61 bits per heavy atom. The topological polar surface area (TPSA) is 68.0 Å². The van der Waals surface area contributed by atoms with E-state index in [1.165, 1.54) is 4.88 Å². The molecule has 0 radical (unpaired) electrons. The Bertz CT molecular complexity index is 680. The van der Waals surface area contributed by atoms with Crippen molar-refractivity contribution in [2.45, 2.75) is 39.2 Å². The average molecular weight is 396 g/mol. The van der Waals surface area contributed by atoms with E-state index < -0.39 is 5.54 Å². The lowest BCUT2D eigenvalue weighted by Crippen LogP contribution is -2.49. The number of amides is 1. The fourth-order valence-electron chi connectivity index (χ4n) is 2.32. The van der Waals surface area contributed by atoms with Crippen LogP contribution in [0.15, 0.2) is 28.7 Å². The van der Waals surface area contributed by atoms with Gasteiger partial charge in [-0.3, -0.25) is 4.79 Å². The van der Waals surface area contributed by atoms with Crippen molar-refractivity contribution in [2.75, 3.05) is 6.54 Å². The summed E-state index contributed by atoms with van der Waals surface area (Å²) in [5.74, 6) is -0.177. The van der Waals surface area contributed by atoms with Crippen LogP contribution in [0.3, 0.4) is 0 Å². The molecule has 0 spiro atoms. The SMILES string of the molecule is CCc1nc(CCNC(=O)C(C)(N)c2ccc(Br)cc2)sc1C. The van der Waals surface area contributed by atoms with Crippen molar-refractivity contribution >= 4 is 33.2 Å². The van der Waals surface area contributed by atoms with Crippen molar-refractivity contribution in [1.82, 2.24) is 10.3 Å². The number of benzene rings is 1. The quantitative estimate of drug-likeness (QED) is 0.787. The zero-order chi connectivity index (χ0) is 17.0. The number of carbonyl (C=O) groups excluding carboxylic acids is 1. The van der Waals surface area contributed by atoms with Crippen LogP contribution in [0.1, 0.15) is 35.0 Å². The molecule has 1 amide bonds. The highest BCUT2D eigenvalue weighted by Gasteiger charge is 2.30. The third-order valence-electron chi connectivity index (χ3n) is 3.81. The van der Waals surface area contributed by atoms with Gasteiger partial charge in [0.2, 0.25) is 5.91 Å². The van der Waals surface area contributed by atoms with Crippen molar-refractivity contribution in [1.29, 1.82) is 0 Å². The van der Waals surface area contributed by atoms with Crippen LogP contribution >= 0.6 is 27.3 Å². The molecule has 124 valence electrons. The first-order chi connectivity index (χ1) is 10.8. The number of rotatable bonds is 6. The molecule has 0 aliphatic carbocycles. The van der Waals surface area contributed by atoms with Crippen LogP contribution in [0, 0.1) is 6.92 Å². The highest BCUT2D eigenvalue weighted by atomic mass is 79.9. The Balaban J connectivity index is 1.94. The molecule has 0 aliphatic heterocycles. The van der Waals surface area contributed by atoms with Gasteiger partial charge in [0.05, 0.1) is 10.7 Å². The molecular weight excluding hydrogens is 374 g/mol. The Hall–Kier alpha value is -1.24. The van der Waals surface area contributed by atoms with Gasteiger partial charge in [-0.05, 0) is 38.0 Å². The number of aryl methyl sites for hydroxylation is 2. The zero-order valence-corrected chi connectivity index (χ0v) is 16.1. The van der Waals surface area contributed by atoms with Gasteiger partial charge in [-0.2, -0.15) is 0 Å². The zero-order valence-electron chi connectivity index (χ0n) is 13.6. The molecule has 1 aromatic heterocycles. The molecule has 0 fully saturated rings. The van der Waals surface area contributed by atoms with Gasteiger partial charge in [-0.1, -0.05) is 35.0 Å². The summed E-state index contributed by atoms with van der Waals surface area (Å²) in [5.41, 5.74) is 7.11. The lowest BCUT2D eigenvalue weighted by Gasteiger charge is -2.24. The van der Waals surface area contributed by atoms with Crippen molar-refractivity contribution in [2.24, 2.45) is 5.73 Å². The fourth-order valence-corrected chi connectivity index (χ4v) is 3.60.